The van der Waals surface area contributed by atoms with Crippen LogP contribution in [0.2, 0.25) is 0 Å². The van der Waals surface area contributed by atoms with Gasteiger partial charge in [0.1, 0.15) is 6.04 Å². The molecule has 1 rings (SSSR count). The van der Waals surface area contributed by atoms with Gasteiger partial charge in [0.05, 0.1) is 12.7 Å². The van der Waals surface area contributed by atoms with Crippen LogP contribution in [0.4, 0.5) is 0 Å². The van der Waals surface area contributed by atoms with E-state index in [4.69, 9.17) is 15.6 Å². The zero-order chi connectivity index (χ0) is 10.0. The summed E-state index contributed by atoms with van der Waals surface area (Å²) in [6.07, 6.45) is 0.945. The number of carbonyl (C=O) groups is 1. The summed E-state index contributed by atoms with van der Waals surface area (Å²) in [7, 11) is 0. The first-order valence-corrected chi connectivity index (χ1v) is 4.62. The number of hydrogen-bond acceptors (Lipinski definition) is 3. The van der Waals surface area contributed by atoms with E-state index in [1.165, 1.54) is 0 Å². The molecular weight excluding hydrogens is 170 g/mol. The van der Waals surface area contributed by atoms with Crippen molar-refractivity contribution in [3.05, 3.63) is 0 Å². The van der Waals surface area contributed by atoms with Crippen LogP contribution in [0.25, 0.3) is 0 Å². The van der Waals surface area contributed by atoms with Gasteiger partial charge in [-0.25, -0.2) is 0 Å². The average Bonchev–Trinajstić information content (AvgIpc) is 2.50. The molecule has 1 fully saturated rings. The summed E-state index contributed by atoms with van der Waals surface area (Å²) < 4.78 is 5.45. The first kappa shape index (κ1) is 10.5. The quantitative estimate of drug-likeness (QED) is 0.673. The first-order chi connectivity index (χ1) is 6.02. The summed E-state index contributed by atoms with van der Waals surface area (Å²) in [5.41, 5.74) is 5.50. The minimum Gasteiger partial charge on any atom is -0.480 e. The fraction of sp³-hybridized carbons (Fsp3) is 0.889. The number of nitrogens with two attached hydrogens (primary N) is 1. The van der Waals surface area contributed by atoms with Crippen molar-refractivity contribution in [2.45, 2.75) is 32.4 Å². The van der Waals surface area contributed by atoms with E-state index < -0.39 is 12.0 Å². The molecule has 1 heterocycles. The van der Waals surface area contributed by atoms with Crippen LogP contribution in [0.3, 0.4) is 0 Å². The number of ether oxygens (including phenoxy) is 1. The first-order valence-electron chi connectivity index (χ1n) is 4.62. The molecule has 0 bridgehead atoms. The molecule has 0 saturated carbocycles. The Morgan fingerprint density at radius 3 is 2.62 bits per heavy atom. The molecule has 1 aliphatic rings. The van der Waals surface area contributed by atoms with Gasteiger partial charge in [-0.3, -0.25) is 4.79 Å². The fourth-order valence-corrected chi connectivity index (χ4v) is 1.60. The predicted octanol–water partition coefficient (Wildman–Crippen LogP) is 0.459. The lowest BCUT2D eigenvalue weighted by Gasteiger charge is -2.14. The minimum atomic E-state index is -0.932. The molecule has 0 spiro atoms. The molecule has 4 heteroatoms. The van der Waals surface area contributed by atoms with Crippen molar-refractivity contribution in [2.75, 3.05) is 6.61 Å². The second-order valence-electron chi connectivity index (χ2n) is 3.98. The molecule has 0 radical (unpaired) electrons. The lowest BCUT2D eigenvalue weighted by molar-refractivity contribution is -0.139. The maximum absolute atomic E-state index is 10.6. The van der Waals surface area contributed by atoms with E-state index in [1.807, 2.05) is 0 Å². The number of carboxylic acids is 1. The highest BCUT2D eigenvalue weighted by atomic mass is 16.5. The molecule has 0 aromatic heterocycles. The van der Waals surface area contributed by atoms with Gasteiger partial charge >= 0.3 is 5.97 Å². The average molecular weight is 187 g/mol. The summed E-state index contributed by atoms with van der Waals surface area (Å²) in [6.45, 7) is 4.62. The van der Waals surface area contributed by atoms with E-state index in [1.54, 1.807) is 0 Å². The normalized spacial score (nSPS) is 30.8. The maximum Gasteiger partial charge on any atom is 0.320 e. The molecule has 13 heavy (non-hydrogen) atoms. The van der Waals surface area contributed by atoms with Crippen molar-refractivity contribution in [3.8, 4) is 0 Å². The third kappa shape index (κ3) is 2.42. The molecular formula is C9H17NO3. The topological polar surface area (TPSA) is 72.6 Å². The Morgan fingerprint density at radius 2 is 2.23 bits per heavy atom. The summed E-state index contributed by atoms with van der Waals surface area (Å²) in [4.78, 5) is 10.6. The van der Waals surface area contributed by atoms with E-state index >= 15 is 0 Å². The molecule has 0 amide bonds. The lowest BCUT2D eigenvalue weighted by atomic mass is 9.93. The van der Waals surface area contributed by atoms with Gasteiger partial charge in [-0.15, -0.1) is 0 Å². The van der Waals surface area contributed by atoms with Crippen LogP contribution in [0.5, 0.6) is 0 Å². The molecule has 0 aromatic rings. The molecule has 1 aliphatic heterocycles. The van der Waals surface area contributed by atoms with Crippen molar-refractivity contribution < 1.29 is 14.6 Å². The van der Waals surface area contributed by atoms with Crippen molar-refractivity contribution >= 4 is 5.97 Å². The zero-order valence-electron chi connectivity index (χ0n) is 8.06. The summed E-state index contributed by atoms with van der Waals surface area (Å²) >= 11 is 0. The smallest absolute Gasteiger partial charge is 0.320 e. The summed E-state index contributed by atoms with van der Waals surface area (Å²) in [5, 5.41) is 8.69. The molecule has 1 saturated heterocycles. The molecule has 0 aromatic carbocycles. The Hall–Kier alpha value is -0.610. The SMILES string of the molecule is CC(C)C1CC(C(N)C(=O)O)CO1. The Labute approximate surface area is 78.1 Å². The van der Waals surface area contributed by atoms with Crippen LogP contribution in [0.15, 0.2) is 0 Å². The second kappa shape index (κ2) is 4.07. The lowest BCUT2D eigenvalue weighted by Crippen LogP contribution is -2.38. The Bertz CT molecular complexity index is 193. The van der Waals surface area contributed by atoms with Crippen molar-refractivity contribution in [1.82, 2.24) is 0 Å². The van der Waals surface area contributed by atoms with E-state index in [0.717, 1.165) is 6.42 Å². The summed E-state index contributed by atoms with van der Waals surface area (Å²) in [5.74, 6) is -0.520. The molecule has 3 N–H and O–H groups in total. The number of aliphatic carboxylic acids is 1. The fourth-order valence-electron chi connectivity index (χ4n) is 1.60. The third-order valence-corrected chi connectivity index (χ3v) is 2.60. The third-order valence-electron chi connectivity index (χ3n) is 2.60. The highest BCUT2D eigenvalue weighted by molar-refractivity contribution is 5.73. The van der Waals surface area contributed by atoms with E-state index in [2.05, 4.69) is 13.8 Å². The monoisotopic (exact) mass is 187 g/mol. The van der Waals surface area contributed by atoms with E-state index in [9.17, 15) is 4.79 Å². The standard InChI is InChI=1S/C9H17NO3/c1-5(2)7-3-6(4-13-7)8(10)9(11)12/h5-8H,3-4,10H2,1-2H3,(H,11,12). The van der Waals surface area contributed by atoms with Crippen LogP contribution in [-0.2, 0) is 9.53 Å². The van der Waals surface area contributed by atoms with Crippen LogP contribution in [0, 0.1) is 11.8 Å². The highest BCUT2D eigenvalue weighted by Gasteiger charge is 2.34. The van der Waals surface area contributed by atoms with Gasteiger partial charge < -0.3 is 15.6 Å². The van der Waals surface area contributed by atoms with Crippen molar-refractivity contribution in [1.29, 1.82) is 0 Å². The van der Waals surface area contributed by atoms with Crippen LogP contribution in [-0.4, -0.2) is 29.8 Å². The van der Waals surface area contributed by atoms with E-state index in [0.29, 0.717) is 12.5 Å². The largest absolute Gasteiger partial charge is 0.480 e. The molecule has 76 valence electrons. The van der Waals surface area contributed by atoms with Crippen LogP contribution >= 0.6 is 0 Å². The van der Waals surface area contributed by atoms with Gasteiger partial charge in [0.2, 0.25) is 0 Å². The highest BCUT2D eigenvalue weighted by Crippen LogP contribution is 2.26. The molecule has 0 aliphatic carbocycles. The van der Waals surface area contributed by atoms with Gasteiger partial charge in [0.15, 0.2) is 0 Å². The maximum atomic E-state index is 10.6. The van der Waals surface area contributed by atoms with Gasteiger partial charge in [-0.1, -0.05) is 13.8 Å². The number of hydrogen-bond donors (Lipinski definition) is 2. The van der Waals surface area contributed by atoms with Gasteiger partial charge in [-0.2, -0.15) is 0 Å². The predicted molar refractivity (Wildman–Crippen MR) is 48.3 cm³/mol. The van der Waals surface area contributed by atoms with Gasteiger partial charge in [0, 0.05) is 5.92 Å². The van der Waals surface area contributed by atoms with E-state index in [-0.39, 0.29) is 12.0 Å². The van der Waals surface area contributed by atoms with Crippen LogP contribution < -0.4 is 5.73 Å². The Kier molecular flexibility index (Phi) is 3.27. The van der Waals surface area contributed by atoms with Crippen molar-refractivity contribution in [2.24, 2.45) is 17.6 Å². The number of carboxylic acid groups (broad SMARTS) is 1. The molecule has 3 atom stereocenters. The molecule has 4 nitrogen and oxygen atoms in total. The minimum absolute atomic E-state index is 0.0232. The molecule has 3 unspecified atom stereocenters. The number of rotatable bonds is 3. The Morgan fingerprint density at radius 1 is 1.62 bits per heavy atom. The van der Waals surface area contributed by atoms with Gasteiger partial charge in [0.25, 0.3) is 0 Å². The Balaban J connectivity index is 2.45. The van der Waals surface area contributed by atoms with Gasteiger partial charge in [-0.05, 0) is 12.3 Å². The van der Waals surface area contributed by atoms with Crippen molar-refractivity contribution in [3.63, 3.8) is 0 Å². The second-order valence-corrected chi connectivity index (χ2v) is 3.98. The van der Waals surface area contributed by atoms with Crippen LogP contribution in [0.1, 0.15) is 20.3 Å². The summed E-state index contributed by atoms with van der Waals surface area (Å²) in [6, 6.07) is -0.774. The zero-order valence-corrected chi connectivity index (χ0v) is 8.06.